The van der Waals surface area contributed by atoms with Crippen LogP contribution in [0.1, 0.15) is 11.1 Å². The highest BCUT2D eigenvalue weighted by Crippen LogP contribution is 2.44. The van der Waals surface area contributed by atoms with Gasteiger partial charge in [0.25, 0.3) is 0 Å². The molecule has 0 amide bonds. The van der Waals surface area contributed by atoms with Crippen LogP contribution in [0.4, 0.5) is 0 Å². The lowest BCUT2D eigenvalue weighted by Gasteiger charge is -2.19. The Morgan fingerprint density at radius 3 is 1.38 bits per heavy atom. The van der Waals surface area contributed by atoms with Gasteiger partial charge < -0.3 is 0 Å². The quantitative estimate of drug-likeness (QED) is 0.210. The van der Waals surface area contributed by atoms with E-state index >= 15 is 0 Å². The molecule has 0 spiro atoms. The van der Waals surface area contributed by atoms with E-state index in [2.05, 4.69) is 74.5 Å². The van der Waals surface area contributed by atoms with Gasteiger partial charge in [-0.05, 0) is 91.0 Å². The maximum atomic E-state index is 2.38. The fraction of sp³-hybridized carbons (Fsp3) is 0.0833. The van der Waals surface area contributed by atoms with Gasteiger partial charge in [-0.2, -0.15) is 0 Å². The van der Waals surface area contributed by atoms with Crippen LogP contribution < -0.4 is 0 Å². The largest absolute Gasteiger partial charge is 0.0610 e. The Labute approximate surface area is 140 Å². The summed E-state index contributed by atoms with van der Waals surface area (Å²) in [5.74, 6) is 0. The van der Waals surface area contributed by atoms with E-state index in [4.69, 9.17) is 0 Å². The molecule has 6 aromatic carbocycles. The first-order chi connectivity index (χ1) is 11.7. The van der Waals surface area contributed by atoms with E-state index in [0.29, 0.717) is 0 Å². The van der Waals surface area contributed by atoms with Crippen molar-refractivity contribution in [3.63, 3.8) is 0 Å². The average Bonchev–Trinajstić information content (AvgIpc) is 2.59. The van der Waals surface area contributed by atoms with E-state index in [1.54, 1.807) is 0 Å². The molecule has 0 heterocycles. The third kappa shape index (κ3) is 1.32. The van der Waals surface area contributed by atoms with Gasteiger partial charge in [-0.15, -0.1) is 0 Å². The molecule has 0 N–H and O–H groups in total. The molecule has 0 heteroatoms. The normalized spacial score (nSPS) is 12.6. The summed E-state index contributed by atoms with van der Waals surface area (Å²) in [6.45, 7) is 4.46. The Balaban J connectivity index is 2.13. The van der Waals surface area contributed by atoms with Crippen molar-refractivity contribution in [2.45, 2.75) is 13.8 Å². The molecular weight excluding hydrogens is 288 g/mol. The lowest BCUT2D eigenvalue weighted by atomic mass is 9.84. The molecule has 0 saturated heterocycles. The molecule has 6 rings (SSSR count). The minimum absolute atomic E-state index is 1.35. The summed E-state index contributed by atoms with van der Waals surface area (Å²) in [5.41, 5.74) is 2.72. The fourth-order valence-electron chi connectivity index (χ4n) is 4.75. The molecule has 0 fully saturated rings. The van der Waals surface area contributed by atoms with Crippen LogP contribution in [0.15, 0.2) is 60.7 Å². The minimum atomic E-state index is 1.35. The van der Waals surface area contributed by atoms with Crippen LogP contribution in [0.25, 0.3) is 53.9 Å². The van der Waals surface area contributed by atoms with Crippen molar-refractivity contribution >= 4 is 53.9 Å². The molecule has 0 aliphatic heterocycles. The molecule has 6 aromatic rings. The number of hydrogen-bond donors (Lipinski definition) is 0. The molecule has 24 heavy (non-hydrogen) atoms. The van der Waals surface area contributed by atoms with E-state index in [1.807, 2.05) is 0 Å². The van der Waals surface area contributed by atoms with Gasteiger partial charge >= 0.3 is 0 Å². The highest BCUT2D eigenvalue weighted by Gasteiger charge is 2.17. The van der Waals surface area contributed by atoms with E-state index in [0.717, 1.165) is 0 Å². The van der Waals surface area contributed by atoms with Gasteiger partial charge in [0.2, 0.25) is 0 Å². The maximum absolute atomic E-state index is 2.38. The van der Waals surface area contributed by atoms with Crippen molar-refractivity contribution in [1.82, 2.24) is 0 Å². The summed E-state index contributed by atoms with van der Waals surface area (Å²) in [6.07, 6.45) is 0. The van der Waals surface area contributed by atoms with Crippen LogP contribution in [-0.4, -0.2) is 0 Å². The zero-order chi connectivity index (χ0) is 16.0. The Morgan fingerprint density at radius 2 is 0.917 bits per heavy atom. The van der Waals surface area contributed by atoms with Crippen LogP contribution >= 0.6 is 0 Å². The van der Waals surface area contributed by atoms with Crippen molar-refractivity contribution in [2.24, 2.45) is 0 Å². The standard InChI is InChI=1S/C24H16/c1-13-9-17-11-16-6-4-8-20-14(2)10-18-12-15-5-3-7-19(13)21(15)23(17)24(18)22(16)20/h3-12H,1-2H3. The van der Waals surface area contributed by atoms with Gasteiger partial charge in [-0.1, -0.05) is 48.5 Å². The van der Waals surface area contributed by atoms with Crippen molar-refractivity contribution in [3.8, 4) is 0 Å². The second-order valence-electron chi connectivity index (χ2n) is 7.14. The summed E-state index contributed by atoms with van der Waals surface area (Å²) in [7, 11) is 0. The van der Waals surface area contributed by atoms with Crippen LogP contribution in [-0.2, 0) is 0 Å². The first-order valence-corrected chi connectivity index (χ1v) is 8.55. The van der Waals surface area contributed by atoms with Crippen LogP contribution in [0, 0.1) is 13.8 Å². The number of benzene rings is 6. The maximum Gasteiger partial charge on any atom is -0.00139 e. The van der Waals surface area contributed by atoms with Gasteiger partial charge in [0.05, 0.1) is 0 Å². The SMILES string of the molecule is Cc1cc2cc3cccc4c(C)cc5cc6cccc1c6c2c5c34. The van der Waals surface area contributed by atoms with Crippen LogP contribution in [0.5, 0.6) is 0 Å². The summed E-state index contributed by atoms with van der Waals surface area (Å²) >= 11 is 0. The Bertz CT molecular complexity index is 1290. The molecule has 0 radical (unpaired) electrons. The van der Waals surface area contributed by atoms with Gasteiger partial charge in [-0.3, -0.25) is 0 Å². The molecule has 0 nitrogen and oxygen atoms in total. The second-order valence-corrected chi connectivity index (χ2v) is 7.14. The summed E-state index contributed by atoms with van der Waals surface area (Å²) in [5, 5.41) is 13.9. The smallest absolute Gasteiger partial charge is 0.00139 e. The van der Waals surface area contributed by atoms with E-state index in [-0.39, 0.29) is 0 Å². The number of hydrogen-bond acceptors (Lipinski definition) is 0. The van der Waals surface area contributed by atoms with Crippen LogP contribution in [0.3, 0.4) is 0 Å². The Kier molecular flexibility index (Phi) is 2.07. The first-order valence-electron chi connectivity index (χ1n) is 8.55. The Hall–Kier alpha value is -2.86. The van der Waals surface area contributed by atoms with E-state index in [1.165, 1.54) is 65.0 Å². The molecule has 0 saturated carbocycles. The summed E-state index contributed by atoms with van der Waals surface area (Å²) in [4.78, 5) is 0. The summed E-state index contributed by atoms with van der Waals surface area (Å²) in [6, 6.07) is 22.9. The molecule has 0 aromatic heterocycles. The fourth-order valence-corrected chi connectivity index (χ4v) is 4.75. The minimum Gasteiger partial charge on any atom is -0.0610 e. The molecule has 0 bridgehead atoms. The van der Waals surface area contributed by atoms with Crippen LogP contribution in [0.2, 0.25) is 0 Å². The second kappa shape index (κ2) is 3.96. The third-order valence-corrected chi connectivity index (χ3v) is 5.74. The number of rotatable bonds is 0. The van der Waals surface area contributed by atoms with Crippen molar-refractivity contribution in [2.75, 3.05) is 0 Å². The molecule has 0 atom stereocenters. The van der Waals surface area contributed by atoms with Crippen molar-refractivity contribution in [3.05, 3.63) is 71.8 Å². The van der Waals surface area contributed by atoms with Crippen molar-refractivity contribution < 1.29 is 0 Å². The topological polar surface area (TPSA) is 0 Å². The Morgan fingerprint density at radius 1 is 0.458 bits per heavy atom. The predicted octanol–water partition coefficient (Wildman–Crippen LogP) is 6.95. The molecule has 112 valence electrons. The highest BCUT2D eigenvalue weighted by atomic mass is 14.2. The summed E-state index contributed by atoms with van der Waals surface area (Å²) < 4.78 is 0. The predicted molar refractivity (Wildman–Crippen MR) is 106 cm³/mol. The van der Waals surface area contributed by atoms with E-state index < -0.39 is 0 Å². The van der Waals surface area contributed by atoms with Gasteiger partial charge in [-0.25, -0.2) is 0 Å². The van der Waals surface area contributed by atoms with E-state index in [9.17, 15) is 0 Å². The molecule has 0 aliphatic carbocycles. The lowest BCUT2D eigenvalue weighted by Crippen LogP contribution is -1.92. The lowest BCUT2D eigenvalue weighted by molar-refractivity contribution is 1.55. The third-order valence-electron chi connectivity index (χ3n) is 5.74. The van der Waals surface area contributed by atoms with Gasteiger partial charge in [0.1, 0.15) is 0 Å². The molecule has 0 unspecified atom stereocenters. The van der Waals surface area contributed by atoms with Gasteiger partial charge in [0.15, 0.2) is 0 Å². The zero-order valence-corrected chi connectivity index (χ0v) is 13.8. The zero-order valence-electron chi connectivity index (χ0n) is 13.8. The average molecular weight is 304 g/mol. The monoisotopic (exact) mass is 304 g/mol. The molecule has 0 aliphatic rings. The highest BCUT2D eigenvalue weighted by molar-refractivity contribution is 6.36. The first kappa shape index (κ1) is 12.5. The number of aryl methyl sites for hydroxylation is 2. The van der Waals surface area contributed by atoms with Gasteiger partial charge in [0, 0.05) is 0 Å². The molecular formula is C24H16. The van der Waals surface area contributed by atoms with Crippen molar-refractivity contribution in [1.29, 1.82) is 0 Å².